The molecule has 2 aromatic rings. The summed E-state index contributed by atoms with van der Waals surface area (Å²) in [5, 5.41) is 8.73. The minimum Gasteiger partial charge on any atom is -0.366 e. The van der Waals surface area contributed by atoms with Crippen LogP contribution in [0.1, 0.15) is 30.7 Å². The van der Waals surface area contributed by atoms with Gasteiger partial charge in [0.1, 0.15) is 17.8 Å². The van der Waals surface area contributed by atoms with Crippen molar-refractivity contribution in [1.29, 1.82) is 0 Å². The van der Waals surface area contributed by atoms with Crippen LogP contribution in [-0.2, 0) is 22.1 Å². The molecule has 1 spiro atoms. The molecule has 1 saturated carbocycles. The second-order valence-corrected chi connectivity index (χ2v) is 10.2. The molecule has 6 rings (SSSR count). The summed E-state index contributed by atoms with van der Waals surface area (Å²) in [5.74, 6) is 0.198. The molecular weight excluding hydrogens is 453 g/mol. The van der Waals surface area contributed by atoms with Gasteiger partial charge in [0.25, 0.3) is 0 Å². The Morgan fingerprint density at radius 3 is 2.82 bits per heavy atom. The molecule has 4 aliphatic rings. The molecule has 12 heteroatoms. The zero-order chi connectivity index (χ0) is 23.7. The molecule has 1 aliphatic carbocycles. The fourth-order valence-electron chi connectivity index (χ4n) is 6.12. The highest BCUT2D eigenvalue weighted by Crippen LogP contribution is 2.53. The van der Waals surface area contributed by atoms with E-state index in [1.54, 1.807) is 4.90 Å². The number of rotatable bonds is 2. The molecule has 3 saturated heterocycles. The molecule has 0 bridgehead atoms. The summed E-state index contributed by atoms with van der Waals surface area (Å²) in [6.07, 6.45) is 0.0628. The summed E-state index contributed by atoms with van der Waals surface area (Å²) in [7, 11) is 0. The number of halogens is 3. The van der Waals surface area contributed by atoms with Gasteiger partial charge in [0.15, 0.2) is 0 Å². The van der Waals surface area contributed by atoms with Crippen LogP contribution in [0.15, 0.2) is 12.3 Å². The smallest absolute Gasteiger partial charge is 0.366 e. The van der Waals surface area contributed by atoms with Gasteiger partial charge in [-0.1, -0.05) is 0 Å². The quantitative estimate of drug-likeness (QED) is 0.687. The Kier molecular flexibility index (Phi) is 4.81. The second kappa shape index (κ2) is 7.56. The average Bonchev–Trinajstić information content (AvgIpc) is 3.17. The van der Waals surface area contributed by atoms with Gasteiger partial charge in [0.05, 0.1) is 18.3 Å². The van der Waals surface area contributed by atoms with Crippen molar-refractivity contribution in [2.45, 2.75) is 44.0 Å². The number of alkyl halides is 3. The van der Waals surface area contributed by atoms with Gasteiger partial charge >= 0.3 is 12.2 Å². The fourth-order valence-corrected chi connectivity index (χ4v) is 6.12. The first-order valence-electron chi connectivity index (χ1n) is 11.5. The zero-order valence-electron chi connectivity index (χ0n) is 18.4. The molecule has 0 aromatic carbocycles. The lowest BCUT2D eigenvalue weighted by Gasteiger charge is -2.60. The largest absolute Gasteiger partial charge is 0.433 e. The molecule has 9 nitrogen and oxygen atoms in total. The Morgan fingerprint density at radius 1 is 1.26 bits per heavy atom. The van der Waals surface area contributed by atoms with Crippen molar-refractivity contribution in [3.8, 4) is 0 Å². The predicted octanol–water partition coefficient (Wildman–Crippen LogP) is 1.94. The standard InChI is InChI=1S/C22H25F3N6O3/c23-22(24,25)19-14-4-13(26-7-15(14)28-29-19)3-12-5-21(6-12)10-31(11-21)20(33)30-2-1-17-16(8-30)27-18(32)9-34-17/h4,7,12,16-17H,1-3,5-6,8-11H2,(H,27,32)(H,28,29)/t16-,17+/m1/s1. The van der Waals surface area contributed by atoms with E-state index < -0.39 is 11.9 Å². The molecule has 2 aromatic heterocycles. The van der Waals surface area contributed by atoms with Gasteiger partial charge in [-0.3, -0.25) is 14.9 Å². The van der Waals surface area contributed by atoms with Crippen LogP contribution >= 0.6 is 0 Å². The van der Waals surface area contributed by atoms with E-state index in [4.69, 9.17) is 4.74 Å². The number of urea groups is 1. The van der Waals surface area contributed by atoms with Crippen LogP contribution < -0.4 is 5.32 Å². The highest BCUT2D eigenvalue weighted by molar-refractivity contribution is 5.81. The van der Waals surface area contributed by atoms with Crippen molar-refractivity contribution < 1.29 is 27.5 Å². The van der Waals surface area contributed by atoms with Crippen molar-refractivity contribution in [2.75, 3.05) is 32.8 Å². The van der Waals surface area contributed by atoms with Crippen molar-refractivity contribution in [2.24, 2.45) is 11.3 Å². The summed E-state index contributed by atoms with van der Waals surface area (Å²) in [5.41, 5.74) is 0.106. The first-order valence-corrected chi connectivity index (χ1v) is 11.5. The Hall–Kier alpha value is -2.89. The lowest BCUT2D eigenvalue weighted by molar-refractivity contribution is -0.140. The van der Waals surface area contributed by atoms with Gasteiger partial charge in [-0.25, -0.2) is 4.79 Å². The van der Waals surface area contributed by atoms with E-state index in [1.807, 2.05) is 4.90 Å². The number of ether oxygens (including phenoxy) is 1. The second-order valence-electron chi connectivity index (χ2n) is 10.2. The van der Waals surface area contributed by atoms with Crippen LogP contribution in [0, 0.1) is 11.3 Å². The SMILES string of the molecule is O=C1CO[C@H]2CCN(C(=O)N3CC4(CC(Cc5cc6c(C(F)(F)F)[nH]nc6cn5)C4)C3)C[C@H]2N1. The van der Waals surface area contributed by atoms with Crippen LogP contribution in [0.4, 0.5) is 18.0 Å². The van der Waals surface area contributed by atoms with Gasteiger partial charge in [0.2, 0.25) is 5.91 Å². The van der Waals surface area contributed by atoms with Crippen LogP contribution in [-0.4, -0.2) is 81.9 Å². The number of hydrogen-bond acceptors (Lipinski definition) is 5. The lowest BCUT2D eigenvalue weighted by atomic mass is 9.57. The maximum atomic E-state index is 13.2. The lowest BCUT2D eigenvalue weighted by Crippen LogP contribution is -2.68. The van der Waals surface area contributed by atoms with E-state index in [0.29, 0.717) is 50.6 Å². The predicted molar refractivity (Wildman–Crippen MR) is 113 cm³/mol. The number of likely N-dealkylation sites (tertiary alicyclic amines) is 2. The van der Waals surface area contributed by atoms with Crippen LogP contribution in [0.25, 0.3) is 10.9 Å². The van der Waals surface area contributed by atoms with Gasteiger partial charge in [-0.2, -0.15) is 18.3 Å². The number of morpholine rings is 1. The average molecular weight is 478 g/mol. The number of H-pyrrole nitrogens is 1. The van der Waals surface area contributed by atoms with Crippen LogP contribution in [0.2, 0.25) is 0 Å². The van der Waals surface area contributed by atoms with Crippen molar-refractivity contribution in [3.05, 3.63) is 23.7 Å². The van der Waals surface area contributed by atoms with Crippen molar-refractivity contribution >= 4 is 22.8 Å². The Labute approximate surface area is 193 Å². The highest BCUT2D eigenvalue weighted by Gasteiger charge is 2.54. The number of nitrogens with zero attached hydrogens (tertiary/aromatic N) is 4. The van der Waals surface area contributed by atoms with E-state index in [0.717, 1.165) is 12.8 Å². The van der Waals surface area contributed by atoms with Crippen molar-refractivity contribution in [1.82, 2.24) is 30.3 Å². The number of aromatic amines is 1. The molecule has 2 atom stereocenters. The monoisotopic (exact) mass is 478 g/mol. The number of carbonyl (C=O) groups is 2. The van der Waals surface area contributed by atoms with E-state index in [9.17, 15) is 22.8 Å². The summed E-state index contributed by atoms with van der Waals surface area (Å²) >= 11 is 0. The summed E-state index contributed by atoms with van der Waals surface area (Å²) in [6, 6.07) is 1.33. The summed E-state index contributed by atoms with van der Waals surface area (Å²) < 4.78 is 45.0. The number of carbonyl (C=O) groups excluding carboxylic acids is 2. The van der Waals surface area contributed by atoms with Crippen LogP contribution in [0.3, 0.4) is 0 Å². The van der Waals surface area contributed by atoms with E-state index in [2.05, 4.69) is 20.5 Å². The molecule has 3 amide bonds. The van der Waals surface area contributed by atoms with Crippen molar-refractivity contribution in [3.63, 3.8) is 0 Å². The molecule has 34 heavy (non-hydrogen) atoms. The first-order chi connectivity index (χ1) is 16.2. The Morgan fingerprint density at radius 2 is 2.06 bits per heavy atom. The molecular formula is C22H25F3N6O3. The molecule has 0 unspecified atom stereocenters. The van der Waals surface area contributed by atoms with E-state index in [1.165, 1.54) is 12.3 Å². The molecule has 3 aliphatic heterocycles. The number of aromatic nitrogens is 3. The van der Waals surface area contributed by atoms with Gasteiger partial charge in [-0.05, 0) is 37.7 Å². The molecule has 2 N–H and O–H groups in total. The van der Waals surface area contributed by atoms with E-state index >= 15 is 0 Å². The Balaban J connectivity index is 1.02. The minimum absolute atomic E-state index is 0.000830. The molecule has 4 fully saturated rings. The number of piperidine rings is 1. The van der Waals surface area contributed by atoms with Gasteiger partial charge < -0.3 is 19.9 Å². The highest BCUT2D eigenvalue weighted by atomic mass is 19.4. The summed E-state index contributed by atoms with van der Waals surface area (Å²) in [4.78, 5) is 32.5. The van der Waals surface area contributed by atoms with E-state index in [-0.39, 0.29) is 47.0 Å². The molecule has 0 radical (unpaired) electrons. The third-order valence-electron chi connectivity index (χ3n) is 7.64. The number of fused-ring (bicyclic) bond motifs is 2. The molecule has 182 valence electrons. The number of amides is 3. The first kappa shape index (κ1) is 21.6. The Bertz CT molecular complexity index is 1140. The zero-order valence-corrected chi connectivity index (χ0v) is 18.4. The normalized spacial score (nSPS) is 26.7. The maximum Gasteiger partial charge on any atom is 0.433 e. The summed E-state index contributed by atoms with van der Waals surface area (Å²) in [6.45, 7) is 2.55. The minimum atomic E-state index is -4.49. The van der Waals surface area contributed by atoms with Gasteiger partial charge in [0, 0.05) is 42.7 Å². The maximum absolute atomic E-state index is 13.2. The fraction of sp³-hybridized carbons (Fsp3) is 0.636. The molecule has 5 heterocycles. The number of nitrogens with one attached hydrogen (secondary N) is 2. The third-order valence-corrected chi connectivity index (χ3v) is 7.64. The number of pyridine rings is 1. The number of hydrogen-bond donors (Lipinski definition) is 2. The third kappa shape index (κ3) is 3.68. The topological polar surface area (TPSA) is 103 Å². The van der Waals surface area contributed by atoms with Crippen LogP contribution in [0.5, 0.6) is 0 Å². The van der Waals surface area contributed by atoms with Gasteiger partial charge in [-0.15, -0.1) is 0 Å².